The maximum absolute atomic E-state index is 12.8. The molecule has 0 saturated carbocycles. The number of rotatable bonds is 2. The van der Waals surface area contributed by atoms with Crippen molar-refractivity contribution < 1.29 is 14.7 Å². The summed E-state index contributed by atoms with van der Waals surface area (Å²) in [4.78, 5) is 26.4. The van der Waals surface area contributed by atoms with Gasteiger partial charge in [-0.2, -0.15) is 0 Å². The number of benzene rings is 2. The standard InChI is InChI=1S/C18H13IN2O3S/c1-10-2-5-12(6-3-10)21-17(24)13(16(23)20-18(21)25)8-11-4-7-15(22)14(19)9-11/h2-9,22H,1H3,(H,20,23,25)/b13-8+. The lowest BCUT2D eigenvalue weighted by atomic mass is 10.1. The number of thiocarbonyl (C=S) groups is 1. The lowest BCUT2D eigenvalue weighted by Gasteiger charge is -2.29. The monoisotopic (exact) mass is 464 g/mol. The molecule has 1 saturated heterocycles. The second kappa shape index (κ2) is 6.93. The van der Waals surface area contributed by atoms with Gasteiger partial charge in [0.05, 0.1) is 9.26 Å². The molecular weight excluding hydrogens is 451 g/mol. The number of halogens is 1. The first-order valence-electron chi connectivity index (χ1n) is 7.33. The zero-order chi connectivity index (χ0) is 18.1. The van der Waals surface area contributed by atoms with Gasteiger partial charge in [0, 0.05) is 0 Å². The maximum Gasteiger partial charge on any atom is 0.270 e. The molecule has 0 aliphatic carbocycles. The number of carbonyl (C=O) groups is 2. The first-order valence-corrected chi connectivity index (χ1v) is 8.82. The minimum absolute atomic E-state index is 0.0179. The first kappa shape index (κ1) is 17.6. The normalized spacial score (nSPS) is 16.3. The van der Waals surface area contributed by atoms with Crippen LogP contribution in [0.4, 0.5) is 5.69 Å². The van der Waals surface area contributed by atoms with E-state index in [4.69, 9.17) is 12.2 Å². The predicted octanol–water partition coefficient (Wildman–Crippen LogP) is 3.14. The Bertz CT molecular complexity index is 922. The minimum Gasteiger partial charge on any atom is -0.507 e. The van der Waals surface area contributed by atoms with Gasteiger partial charge < -0.3 is 5.11 Å². The lowest BCUT2D eigenvalue weighted by molar-refractivity contribution is -0.122. The van der Waals surface area contributed by atoms with E-state index in [0.29, 0.717) is 14.8 Å². The molecule has 5 nitrogen and oxygen atoms in total. The minimum atomic E-state index is -0.540. The number of phenols is 1. The molecule has 2 amide bonds. The van der Waals surface area contributed by atoms with E-state index in [1.54, 1.807) is 24.3 Å². The van der Waals surface area contributed by atoms with Crippen LogP contribution in [0.15, 0.2) is 48.0 Å². The molecule has 0 aromatic heterocycles. The second-order valence-corrected chi connectivity index (χ2v) is 7.05. The highest BCUT2D eigenvalue weighted by molar-refractivity contribution is 14.1. The van der Waals surface area contributed by atoms with E-state index in [1.165, 1.54) is 17.0 Å². The lowest BCUT2D eigenvalue weighted by Crippen LogP contribution is -2.54. The molecule has 0 unspecified atom stereocenters. The number of aromatic hydroxyl groups is 1. The molecule has 0 bridgehead atoms. The average Bonchev–Trinajstić information content (AvgIpc) is 2.56. The summed E-state index contributed by atoms with van der Waals surface area (Å²) < 4.78 is 0.626. The predicted molar refractivity (Wildman–Crippen MR) is 108 cm³/mol. The summed E-state index contributed by atoms with van der Waals surface area (Å²) in [7, 11) is 0. The van der Waals surface area contributed by atoms with Crippen LogP contribution in [0.2, 0.25) is 0 Å². The Morgan fingerprint density at radius 3 is 2.48 bits per heavy atom. The van der Waals surface area contributed by atoms with Gasteiger partial charge in [0.1, 0.15) is 11.3 Å². The van der Waals surface area contributed by atoms with Crippen molar-refractivity contribution in [3.8, 4) is 5.75 Å². The number of nitrogens with one attached hydrogen (secondary N) is 1. The summed E-state index contributed by atoms with van der Waals surface area (Å²) in [5, 5.41) is 12.2. The third-order valence-corrected chi connectivity index (χ3v) is 4.83. The Kier molecular flexibility index (Phi) is 4.87. The van der Waals surface area contributed by atoms with Crippen molar-refractivity contribution in [2.45, 2.75) is 6.92 Å². The molecule has 3 rings (SSSR count). The van der Waals surface area contributed by atoms with Gasteiger partial charge in [0.2, 0.25) is 0 Å². The summed E-state index contributed by atoms with van der Waals surface area (Å²) in [5.41, 5.74) is 2.26. The molecule has 0 atom stereocenters. The molecule has 2 aromatic carbocycles. The molecule has 0 spiro atoms. The van der Waals surface area contributed by atoms with Gasteiger partial charge in [-0.25, -0.2) is 0 Å². The summed E-state index contributed by atoms with van der Waals surface area (Å²) in [6, 6.07) is 12.1. The molecule has 0 radical (unpaired) electrons. The van der Waals surface area contributed by atoms with Crippen molar-refractivity contribution in [1.29, 1.82) is 0 Å². The highest BCUT2D eigenvalue weighted by Gasteiger charge is 2.34. The van der Waals surface area contributed by atoms with Gasteiger partial charge in [0.25, 0.3) is 11.8 Å². The number of aryl methyl sites for hydroxylation is 1. The van der Waals surface area contributed by atoms with Crippen molar-refractivity contribution in [3.05, 3.63) is 62.7 Å². The van der Waals surface area contributed by atoms with E-state index >= 15 is 0 Å². The Morgan fingerprint density at radius 1 is 1.16 bits per heavy atom. The Labute approximate surface area is 163 Å². The average molecular weight is 464 g/mol. The zero-order valence-corrected chi connectivity index (χ0v) is 16.1. The number of hydrogen-bond acceptors (Lipinski definition) is 4. The molecule has 1 aliphatic rings. The van der Waals surface area contributed by atoms with Gasteiger partial charge in [-0.15, -0.1) is 0 Å². The SMILES string of the molecule is Cc1ccc(N2C(=O)/C(=C/c3ccc(O)c(I)c3)C(=O)NC2=S)cc1. The molecule has 1 fully saturated rings. The number of phenolic OH excluding ortho intramolecular Hbond substituents is 1. The van der Waals surface area contributed by atoms with Crippen LogP contribution >= 0.6 is 34.8 Å². The van der Waals surface area contributed by atoms with Crippen LogP contribution in [-0.4, -0.2) is 22.0 Å². The van der Waals surface area contributed by atoms with Gasteiger partial charge >= 0.3 is 0 Å². The summed E-state index contributed by atoms with van der Waals surface area (Å²) in [6.45, 7) is 1.94. The molecule has 1 heterocycles. The largest absolute Gasteiger partial charge is 0.507 e. The van der Waals surface area contributed by atoms with Crippen molar-refractivity contribution in [2.24, 2.45) is 0 Å². The first-order chi connectivity index (χ1) is 11.9. The van der Waals surface area contributed by atoms with Crippen molar-refractivity contribution in [3.63, 3.8) is 0 Å². The van der Waals surface area contributed by atoms with E-state index in [1.807, 2.05) is 41.6 Å². The molecule has 1 aliphatic heterocycles. The number of carbonyl (C=O) groups excluding carboxylic acids is 2. The zero-order valence-electron chi connectivity index (χ0n) is 13.1. The van der Waals surface area contributed by atoms with Crippen LogP contribution in [-0.2, 0) is 9.59 Å². The topological polar surface area (TPSA) is 69.6 Å². The number of anilines is 1. The second-order valence-electron chi connectivity index (χ2n) is 5.50. The fourth-order valence-corrected chi connectivity index (χ4v) is 3.19. The fraction of sp³-hybridized carbons (Fsp3) is 0.0556. The Morgan fingerprint density at radius 2 is 1.84 bits per heavy atom. The summed E-state index contributed by atoms with van der Waals surface area (Å²) in [5.74, 6) is -0.883. The third-order valence-electron chi connectivity index (χ3n) is 3.68. The highest BCUT2D eigenvalue weighted by atomic mass is 127. The molecule has 25 heavy (non-hydrogen) atoms. The molecular formula is C18H13IN2O3S. The molecule has 7 heteroatoms. The van der Waals surface area contributed by atoms with Crippen molar-refractivity contribution >= 4 is 63.5 Å². The van der Waals surface area contributed by atoms with Crippen LogP contribution in [0.1, 0.15) is 11.1 Å². The van der Waals surface area contributed by atoms with Gasteiger partial charge in [-0.1, -0.05) is 23.8 Å². The van der Waals surface area contributed by atoms with E-state index < -0.39 is 11.8 Å². The van der Waals surface area contributed by atoms with Crippen LogP contribution in [0.25, 0.3) is 6.08 Å². The number of amides is 2. The van der Waals surface area contributed by atoms with Crippen LogP contribution in [0.5, 0.6) is 5.75 Å². The Hall–Kier alpha value is -2.26. The molecule has 126 valence electrons. The molecule has 2 aromatic rings. The van der Waals surface area contributed by atoms with Crippen LogP contribution in [0.3, 0.4) is 0 Å². The molecule has 2 N–H and O–H groups in total. The fourth-order valence-electron chi connectivity index (χ4n) is 2.37. The van der Waals surface area contributed by atoms with Crippen LogP contribution in [0, 0.1) is 10.5 Å². The van der Waals surface area contributed by atoms with Crippen molar-refractivity contribution in [2.75, 3.05) is 4.90 Å². The number of nitrogens with zero attached hydrogens (tertiary/aromatic N) is 1. The summed E-state index contributed by atoms with van der Waals surface area (Å²) in [6.07, 6.45) is 1.49. The smallest absolute Gasteiger partial charge is 0.270 e. The van der Waals surface area contributed by atoms with Crippen LogP contribution < -0.4 is 10.2 Å². The highest BCUT2D eigenvalue weighted by Crippen LogP contribution is 2.25. The van der Waals surface area contributed by atoms with E-state index in [2.05, 4.69) is 5.32 Å². The quantitative estimate of drug-likeness (QED) is 0.310. The van der Waals surface area contributed by atoms with Crippen molar-refractivity contribution in [1.82, 2.24) is 5.32 Å². The third kappa shape index (κ3) is 3.57. The maximum atomic E-state index is 12.8. The van der Waals surface area contributed by atoms with E-state index in [0.717, 1.165) is 5.56 Å². The number of hydrogen-bond donors (Lipinski definition) is 2. The Balaban J connectivity index is 2.01. The van der Waals surface area contributed by atoms with Gasteiger partial charge in [-0.3, -0.25) is 19.8 Å². The van der Waals surface area contributed by atoms with Gasteiger partial charge in [0.15, 0.2) is 5.11 Å². The van der Waals surface area contributed by atoms with E-state index in [-0.39, 0.29) is 16.4 Å². The van der Waals surface area contributed by atoms with E-state index in [9.17, 15) is 14.7 Å². The van der Waals surface area contributed by atoms with Gasteiger partial charge in [-0.05, 0) is 77.6 Å². The summed E-state index contributed by atoms with van der Waals surface area (Å²) >= 11 is 7.14.